The summed E-state index contributed by atoms with van der Waals surface area (Å²) in [6, 6.07) is 0. The van der Waals surface area contributed by atoms with Crippen LogP contribution in [-0.2, 0) is 9.47 Å². The summed E-state index contributed by atoms with van der Waals surface area (Å²) < 4.78 is 11.0. The Hall–Kier alpha value is -0.810. The van der Waals surface area contributed by atoms with Gasteiger partial charge >= 0.3 is 0 Å². The Kier molecular flexibility index (Phi) is 10.2. The summed E-state index contributed by atoms with van der Waals surface area (Å²) in [6.07, 6.45) is 3.61. The summed E-state index contributed by atoms with van der Waals surface area (Å²) in [4.78, 5) is 6.89. The minimum absolute atomic E-state index is 0.583. The molecular formula is C17H35N3O2. The molecule has 5 nitrogen and oxygen atoms in total. The molecule has 0 saturated carbocycles. The first-order valence-corrected chi connectivity index (χ1v) is 8.78. The summed E-state index contributed by atoms with van der Waals surface area (Å²) >= 11 is 0. The monoisotopic (exact) mass is 313 g/mol. The Morgan fingerprint density at radius 1 is 1.36 bits per heavy atom. The number of nitrogens with one attached hydrogen (secondary N) is 1. The van der Waals surface area contributed by atoms with E-state index in [1.165, 1.54) is 19.3 Å². The third-order valence-corrected chi connectivity index (χ3v) is 3.86. The van der Waals surface area contributed by atoms with Crippen LogP contribution in [0, 0.1) is 11.8 Å². The summed E-state index contributed by atoms with van der Waals surface area (Å²) in [6.45, 7) is 12.5. The predicted octanol–water partition coefficient (Wildman–Crippen LogP) is 2.37. The second kappa shape index (κ2) is 11.7. The summed E-state index contributed by atoms with van der Waals surface area (Å²) in [5.41, 5.74) is 0. The first-order chi connectivity index (χ1) is 10.6. The lowest BCUT2D eigenvalue weighted by atomic mass is 9.96. The standard InChI is InChI=1S/C17H35N3O2/c1-5-18-17(19-9-13-22-14-15(2)3)20(4)10-6-16-7-11-21-12-8-16/h15-16H,5-14H2,1-4H3,(H,18,19). The van der Waals surface area contributed by atoms with E-state index >= 15 is 0 Å². The van der Waals surface area contributed by atoms with Gasteiger partial charge in [0.05, 0.1) is 13.2 Å². The van der Waals surface area contributed by atoms with Crippen molar-refractivity contribution in [2.45, 2.75) is 40.0 Å². The van der Waals surface area contributed by atoms with Crippen molar-refractivity contribution in [2.24, 2.45) is 16.8 Å². The molecule has 0 aliphatic carbocycles. The van der Waals surface area contributed by atoms with Crippen molar-refractivity contribution < 1.29 is 9.47 Å². The maximum atomic E-state index is 5.59. The highest BCUT2D eigenvalue weighted by Crippen LogP contribution is 2.18. The van der Waals surface area contributed by atoms with Gasteiger partial charge in [0.25, 0.3) is 0 Å². The van der Waals surface area contributed by atoms with Crippen LogP contribution in [0.15, 0.2) is 4.99 Å². The number of hydrogen-bond acceptors (Lipinski definition) is 3. The van der Waals surface area contributed by atoms with Crippen LogP contribution in [0.1, 0.15) is 40.0 Å². The van der Waals surface area contributed by atoms with Gasteiger partial charge in [-0.2, -0.15) is 0 Å². The maximum Gasteiger partial charge on any atom is 0.193 e. The molecule has 0 aromatic carbocycles. The van der Waals surface area contributed by atoms with Crippen molar-refractivity contribution in [3.05, 3.63) is 0 Å². The van der Waals surface area contributed by atoms with Crippen LogP contribution in [0.25, 0.3) is 0 Å². The zero-order valence-corrected chi connectivity index (χ0v) is 14.9. The molecule has 0 aromatic heterocycles. The lowest BCUT2D eigenvalue weighted by Crippen LogP contribution is -2.40. The van der Waals surface area contributed by atoms with Crippen LogP contribution in [-0.4, -0.2) is 64.0 Å². The molecule has 0 atom stereocenters. The van der Waals surface area contributed by atoms with Gasteiger partial charge < -0.3 is 19.7 Å². The fourth-order valence-corrected chi connectivity index (χ4v) is 2.52. The molecule has 0 bridgehead atoms. The smallest absolute Gasteiger partial charge is 0.193 e. The highest BCUT2D eigenvalue weighted by Gasteiger charge is 2.15. The van der Waals surface area contributed by atoms with Crippen LogP contribution >= 0.6 is 0 Å². The normalized spacial score (nSPS) is 17.0. The molecule has 0 spiro atoms. The molecule has 0 radical (unpaired) electrons. The van der Waals surface area contributed by atoms with Gasteiger partial charge in [-0.3, -0.25) is 4.99 Å². The quantitative estimate of drug-likeness (QED) is 0.403. The summed E-state index contributed by atoms with van der Waals surface area (Å²) in [5.74, 6) is 2.37. The minimum atomic E-state index is 0.583. The van der Waals surface area contributed by atoms with Crippen LogP contribution < -0.4 is 5.32 Å². The Morgan fingerprint density at radius 3 is 2.73 bits per heavy atom. The zero-order valence-electron chi connectivity index (χ0n) is 14.9. The molecule has 0 amide bonds. The van der Waals surface area contributed by atoms with Gasteiger partial charge in [-0.1, -0.05) is 13.8 Å². The lowest BCUT2D eigenvalue weighted by Gasteiger charge is -2.26. The fraction of sp³-hybridized carbons (Fsp3) is 0.941. The largest absolute Gasteiger partial charge is 0.381 e. The van der Waals surface area contributed by atoms with Gasteiger partial charge in [0.15, 0.2) is 5.96 Å². The third-order valence-electron chi connectivity index (χ3n) is 3.86. The van der Waals surface area contributed by atoms with E-state index in [0.717, 1.165) is 51.3 Å². The van der Waals surface area contributed by atoms with Crippen LogP contribution in [0.2, 0.25) is 0 Å². The van der Waals surface area contributed by atoms with Gasteiger partial charge in [0, 0.05) is 40.0 Å². The number of hydrogen-bond donors (Lipinski definition) is 1. The Morgan fingerprint density at radius 2 is 2.09 bits per heavy atom. The SMILES string of the molecule is CCNC(=NCCOCC(C)C)N(C)CCC1CCOCC1. The molecule has 1 aliphatic heterocycles. The molecule has 1 heterocycles. The van der Waals surface area contributed by atoms with E-state index in [-0.39, 0.29) is 0 Å². The molecule has 1 N–H and O–H groups in total. The number of guanidine groups is 1. The van der Waals surface area contributed by atoms with E-state index in [2.05, 4.69) is 43.0 Å². The van der Waals surface area contributed by atoms with Gasteiger partial charge in [-0.25, -0.2) is 0 Å². The van der Waals surface area contributed by atoms with Crippen molar-refractivity contribution in [2.75, 3.05) is 53.1 Å². The Labute approximate surface area is 136 Å². The highest BCUT2D eigenvalue weighted by atomic mass is 16.5. The summed E-state index contributed by atoms with van der Waals surface area (Å²) in [7, 11) is 2.12. The zero-order chi connectivity index (χ0) is 16.2. The van der Waals surface area contributed by atoms with Crippen LogP contribution in [0.4, 0.5) is 0 Å². The Balaban J connectivity index is 2.29. The van der Waals surface area contributed by atoms with Gasteiger partial charge in [-0.15, -0.1) is 0 Å². The van der Waals surface area contributed by atoms with Crippen LogP contribution in [0.3, 0.4) is 0 Å². The molecule has 1 fully saturated rings. The average Bonchev–Trinajstić information content (AvgIpc) is 2.52. The number of ether oxygens (including phenoxy) is 2. The maximum absolute atomic E-state index is 5.59. The number of rotatable bonds is 9. The first kappa shape index (κ1) is 19.2. The molecule has 22 heavy (non-hydrogen) atoms. The van der Waals surface area contributed by atoms with E-state index < -0.39 is 0 Å². The van der Waals surface area contributed by atoms with E-state index in [4.69, 9.17) is 9.47 Å². The van der Waals surface area contributed by atoms with Crippen molar-refractivity contribution >= 4 is 5.96 Å². The molecular weight excluding hydrogens is 278 g/mol. The van der Waals surface area contributed by atoms with E-state index in [9.17, 15) is 0 Å². The van der Waals surface area contributed by atoms with E-state index in [1.807, 2.05) is 0 Å². The van der Waals surface area contributed by atoms with E-state index in [1.54, 1.807) is 0 Å². The van der Waals surface area contributed by atoms with Gasteiger partial charge in [0.1, 0.15) is 0 Å². The molecule has 5 heteroatoms. The second-order valence-corrected chi connectivity index (χ2v) is 6.47. The Bertz CT molecular complexity index is 302. The van der Waals surface area contributed by atoms with E-state index in [0.29, 0.717) is 12.5 Å². The fourth-order valence-electron chi connectivity index (χ4n) is 2.52. The van der Waals surface area contributed by atoms with Crippen molar-refractivity contribution in [1.82, 2.24) is 10.2 Å². The summed E-state index contributed by atoms with van der Waals surface area (Å²) in [5, 5.41) is 3.37. The average molecular weight is 313 g/mol. The van der Waals surface area contributed by atoms with Gasteiger partial charge in [0.2, 0.25) is 0 Å². The second-order valence-electron chi connectivity index (χ2n) is 6.47. The molecule has 130 valence electrons. The predicted molar refractivity (Wildman–Crippen MR) is 92.4 cm³/mol. The molecule has 0 aromatic rings. The van der Waals surface area contributed by atoms with Gasteiger partial charge in [-0.05, 0) is 38.0 Å². The van der Waals surface area contributed by atoms with Crippen LogP contribution in [0.5, 0.6) is 0 Å². The highest BCUT2D eigenvalue weighted by molar-refractivity contribution is 5.79. The minimum Gasteiger partial charge on any atom is -0.381 e. The van der Waals surface area contributed by atoms with Crippen molar-refractivity contribution in [1.29, 1.82) is 0 Å². The lowest BCUT2D eigenvalue weighted by molar-refractivity contribution is 0.0625. The molecule has 0 unspecified atom stereocenters. The molecule has 1 aliphatic rings. The number of nitrogens with zero attached hydrogens (tertiary/aromatic N) is 2. The third kappa shape index (κ3) is 8.59. The molecule has 1 rings (SSSR count). The first-order valence-electron chi connectivity index (χ1n) is 8.78. The van der Waals surface area contributed by atoms with Crippen molar-refractivity contribution in [3.8, 4) is 0 Å². The number of aliphatic imine (C=N–C) groups is 1. The molecule has 1 saturated heterocycles. The van der Waals surface area contributed by atoms with Crippen molar-refractivity contribution in [3.63, 3.8) is 0 Å². The topological polar surface area (TPSA) is 46.1 Å².